The highest BCUT2D eigenvalue weighted by Gasteiger charge is 2.31. The van der Waals surface area contributed by atoms with Crippen molar-refractivity contribution in [3.63, 3.8) is 0 Å². The molecule has 1 amide bonds. The van der Waals surface area contributed by atoms with Crippen LogP contribution in [0.1, 0.15) is 5.56 Å². The molecular weight excluding hydrogens is 280 g/mol. The van der Waals surface area contributed by atoms with Crippen LogP contribution in [0.4, 0.5) is 5.95 Å². The normalized spacial score (nSPS) is 14.3. The number of anilines is 1. The Kier molecular flexibility index (Phi) is 4.18. The first-order valence-electron chi connectivity index (χ1n) is 7.19. The van der Waals surface area contributed by atoms with E-state index in [0.717, 1.165) is 11.3 Å². The number of amides is 1. The van der Waals surface area contributed by atoms with Crippen LogP contribution in [0.5, 0.6) is 5.75 Å². The van der Waals surface area contributed by atoms with Gasteiger partial charge in [-0.25, -0.2) is 9.97 Å². The Morgan fingerprint density at radius 1 is 1.27 bits per heavy atom. The van der Waals surface area contributed by atoms with Gasteiger partial charge in [0.25, 0.3) is 0 Å². The summed E-state index contributed by atoms with van der Waals surface area (Å²) in [5.74, 6) is 1.46. The lowest BCUT2D eigenvalue weighted by atomic mass is 10.1. The first kappa shape index (κ1) is 14.3. The van der Waals surface area contributed by atoms with Crippen molar-refractivity contribution in [2.45, 2.75) is 12.5 Å². The van der Waals surface area contributed by atoms with Crippen LogP contribution in [0.25, 0.3) is 0 Å². The van der Waals surface area contributed by atoms with Gasteiger partial charge in [0.1, 0.15) is 5.75 Å². The Labute approximate surface area is 129 Å². The second-order valence-corrected chi connectivity index (χ2v) is 5.20. The third-order valence-corrected chi connectivity index (χ3v) is 3.67. The highest BCUT2D eigenvalue weighted by atomic mass is 16.5. The van der Waals surface area contributed by atoms with Crippen LogP contribution in [-0.2, 0) is 11.2 Å². The van der Waals surface area contributed by atoms with Crippen molar-refractivity contribution < 1.29 is 9.53 Å². The summed E-state index contributed by atoms with van der Waals surface area (Å²) in [6.45, 7) is 1.35. The Bertz CT molecular complexity index is 642. The van der Waals surface area contributed by atoms with Crippen LogP contribution < -0.4 is 10.1 Å². The molecule has 2 aromatic rings. The third-order valence-electron chi connectivity index (χ3n) is 3.67. The van der Waals surface area contributed by atoms with Gasteiger partial charge in [0, 0.05) is 31.0 Å². The van der Waals surface area contributed by atoms with E-state index in [2.05, 4.69) is 15.3 Å². The fourth-order valence-electron chi connectivity index (χ4n) is 2.45. The van der Waals surface area contributed by atoms with Crippen molar-refractivity contribution in [1.82, 2.24) is 14.9 Å². The fraction of sp³-hybridized carbons (Fsp3) is 0.312. The van der Waals surface area contributed by atoms with Gasteiger partial charge in [0.2, 0.25) is 11.9 Å². The molecule has 0 radical (unpaired) electrons. The van der Waals surface area contributed by atoms with Gasteiger partial charge in [-0.2, -0.15) is 0 Å². The summed E-state index contributed by atoms with van der Waals surface area (Å²) in [7, 11) is 1.62. The smallest absolute Gasteiger partial charge is 0.227 e. The molecule has 6 nitrogen and oxygen atoms in total. The van der Waals surface area contributed by atoms with Crippen LogP contribution in [0.3, 0.4) is 0 Å². The molecule has 1 aliphatic heterocycles. The lowest BCUT2D eigenvalue weighted by Gasteiger charge is -2.39. The maximum atomic E-state index is 12.3. The largest absolute Gasteiger partial charge is 0.496 e. The van der Waals surface area contributed by atoms with Gasteiger partial charge < -0.3 is 15.0 Å². The van der Waals surface area contributed by atoms with E-state index in [4.69, 9.17) is 4.74 Å². The Hall–Kier alpha value is -2.63. The molecule has 0 unspecified atom stereocenters. The monoisotopic (exact) mass is 298 g/mol. The Morgan fingerprint density at radius 2 is 2.00 bits per heavy atom. The SMILES string of the molecule is COc1ccccc1CC(=O)N1CC(Nc2ncccn2)C1. The standard InChI is InChI=1S/C16H18N4O2/c1-22-14-6-3-2-5-12(14)9-15(21)20-10-13(11-20)19-16-17-7-4-8-18-16/h2-8,13H,9-11H2,1H3,(H,17,18,19). The van der Waals surface area contributed by atoms with Crippen LogP contribution in [-0.4, -0.2) is 47.0 Å². The number of carbonyl (C=O) groups is 1. The van der Waals surface area contributed by atoms with E-state index in [1.54, 1.807) is 25.6 Å². The summed E-state index contributed by atoms with van der Waals surface area (Å²) >= 11 is 0. The molecule has 1 aliphatic rings. The van der Waals surface area contributed by atoms with Crippen molar-refractivity contribution in [2.24, 2.45) is 0 Å². The third kappa shape index (κ3) is 3.16. The molecule has 114 valence electrons. The first-order valence-corrected chi connectivity index (χ1v) is 7.19. The van der Waals surface area contributed by atoms with Crippen LogP contribution >= 0.6 is 0 Å². The molecule has 1 aromatic heterocycles. The number of para-hydroxylation sites is 1. The van der Waals surface area contributed by atoms with E-state index < -0.39 is 0 Å². The highest BCUT2D eigenvalue weighted by molar-refractivity contribution is 5.80. The minimum Gasteiger partial charge on any atom is -0.496 e. The Balaban J connectivity index is 1.51. The van der Waals surface area contributed by atoms with E-state index >= 15 is 0 Å². The molecule has 0 spiro atoms. The lowest BCUT2D eigenvalue weighted by Crippen LogP contribution is -2.57. The van der Waals surface area contributed by atoms with Gasteiger partial charge >= 0.3 is 0 Å². The van der Waals surface area contributed by atoms with E-state index in [1.165, 1.54) is 0 Å². The summed E-state index contributed by atoms with van der Waals surface area (Å²) < 4.78 is 5.28. The zero-order valence-electron chi connectivity index (χ0n) is 12.4. The van der Waals surface area contributed by atoms with Gasteiger partial charge in [-0.3, -0.25) is 4.79 Å². The van der Waals surface area contributed by atoms with Gasteiger partial charge in [0.05, 0.1) is 19.6 Å². The molecule has 6 heteroatoms. The number of ether oxygens (including phenoxy) is 1. The molecule has 1 fully saturated rings. The molecule has 0 bridgehead atoms. The summed E-state index contributed by atoms with van der Waals surface area (Å²) in [5, 5.41) is 3.21. The number of hydrogen-bond donors (Lipinski definition) is 1. The number of nitrogens with zero attached hydrogens (tertiary/aromatic N) is 3. The minimum atomic E-state index is 0.108. The molecule has 0 aliphatic carbocycles. The van der Waals surface area contributed by atoms with Crippen LogP contribution in [0.2, 0.25) is 0 Å². The minimum absolute atomic E-state index is 0.108. The number of aromatic nitrogens is 2. The molecule has 1 saturated heterocycles. The predicted molar refractivity (Wildman–Crippen MR) is 82.7 cm³/mol. The van der Waals surface area contributed by atoms with Gasteiger partial charge in [-0.05, 0) is 12.1 Å². The lowest BCUT2D eigenvalue weighted by molar-refractivity contribution is -0.134. The molecular formula is C16H18N4O2. The summed E-state index contributed by atoms with van der Waals surface area (Å²) in [6.07, 6.45) is 3.75. The van der Waals surface area contributed by atoms with Gasteiger partial charge in [-0.15, -0.1) is 0 Å². The maximum Gasteiger partial charge on any atom is 0.227 e. The van der Waals surface area contributed by atoms with Crippen LogP contribution in [0, 0.1) is 0 Å². The highest BCUT2D eigenvalue weighted by Crippen LogP contribution is 2.20. The molecule has 2 heterocycles. The van der Waals surface area contributed by atoms with E-state index in [1.807, 2.05) is 29.2 Å². The average molecular weight is 298 g/mol. The molecule has 22 heavy (non-hydrogen) atoms. The van der Waals surface area contributed by atoms with Crippen LogP contribution in [0.15, 0.2) is 42.7 Å². The average Bonchev–Trinajstić information content (AvgIpc) is 2.52. The number of benzene rings is 1. The van der Waals surface area contributed by atoms with Gasteiger partial charge in [0.15, 0.2) is 0 Å². The van der Waals surface area contributed by atoms with Crippen molar-refractivity contribution in [1.29, 1.82) is 0 Å². The number of rotatable bonds is 5. The first-order chi connectivity index (χ1) is 10.8. The van der Waals surface area contributed by atoms with Crippen molar-refractivity contribution in [3.8, 4) is 5.75 Å². The number of carbonyl (C=O) groups excluding carboxylic acids is 1. The molecule has 1 N–H and O–H groups in total. The topological polar surface area (TPSA) is 67.3 Å². The zero-order chi connectivity index (χ0) is 15.4. The van der Waals surface area contributed by atoms with Gasteiger partial charge in [-0.1, -0.05) is 18.2 Å². The number of likely N-dealkylation sites (tertiary alicyclic amines) is 1. The second-order valence-electron chi connectivity index (χ2n) is 5.20. The summed E-state index contributed by atoms with van der Waals surface area (Å²) in [6, 6.07) is 9.59. The maximum absolute atomic E-state index is 12.3. The summed E-state index contributed by atoms with van der Waals surface area (Å²) in [4.78, 5) is 22.3. The van der Waals surface area contributed by atoms with Crippen molar-refractivity contribution >= 4 is 11.9 Å². The van der Waals surface area contributed by atoms with Crippen molar-refractivity contribution in [3.05, 3.63) is 48.3 Å². The number of methoxy groups -OCH3 is 1. The number of nitrogens with one attached hydrogen (secondary N) is 1. The van der Waals surface area contributed by atoms with E-state index in [0.29, 0.717) is 25.5 Å². The fourth-order valence-corrected chi connectivity index (χ4v) is 2.45. The number of hydrogen-bond acceptors (Lipinski definition) is 5. The molecule has 1 aromatic carbocycles. The molecule has 0 saturated carbocycles. The van der Waals surface area contributed by atoms with Crippen molar-refractivity contribution in [2.75, 3.05) is 25.5 Å². The predicted octanol–water partition coefficient (Wildman–Crippen LogP) is 1.35. The van der Waals surface area contributed by atoms with E-state index in [9.17, 15) is 4.79 Å². The van der Waals surface area contributed by atoms with E-state index in [-0.39, 0.29) is 11.9 Å². The quantitative estimate of drug-likeness (QED) is 0.902. The Morgan fingerprint density at radius 3 is 2.73 bits per heavy atom. The molecule has 0 atom stereocenters. The summed E-state index contributed by atoms with van der Waals surface area (Å²) in [5.41, 5.74) is 0.915. The molecule has 3 rings (SSSR count). The second kappa shape index (κ2) is 6.43. The zero-order valence-corrected chi connectivity index (χ0v) is 12.4.